The van der Waals surface area contributed by atoms with E-state index in [4.69, 9.17) is 23.4 Å². The Morgan fingerprint density at radius 3 is 2.25 bits per heavy atom. The predicted molar refractivity (Wildman–Crippen MR) is 35.4 cm³/mol. The first-order valence-electron chi connectivity index (χ1n) is 2.22. The topological polar surface area (TPSA) is 4.93 Å². The molecule has 0 aliphatic rings. The zero-order valence-electron chi connectivity index (χ0n) is 4.36. The molecular formula is C5H5Cl2N. The van der Waals surface area contributed by atoms with Crippen molar-refractivity contribution in [3.05, 3.63) is 23.0 Å². The molecule has 1 aromatic rings. The van der Waals surface area contributed by atoms with Gasteiger partial charge in [0.05, 0.1) is 0 Å². The molecule has 0 saturated heterocycles. The Morgan fingerprint density at radius 2 is 2.12 bits per heavy atom. The van der Waals surface area contributed by atoms with Gasteiger partial charge >= 0.3 is 0 Å². The minimum atomic E-state index is 0.559. The van der Waals surface area contributed by atoms with Crippen LogP contribution in [0.15, 0.2) is 12.1 Å². The van der Waals surface area contributed by atoms with Gasteiger partial charge in [0.2, 0.25) is 0 Å². The van der Waals surface area contributed by atoms with E-state index in [2.05, 4.69) is 0 Å². The summed E-state index contributed by atoms with van der Waals surface area (Å²) in [5, 5.41) is 0.559. The molecule has 0 aliphatic heterocycles. The molecule has 44 valence electrons. The monoisotopic (exact) mass is 149 g/mol. The summed E-state index contributed by atoms with van der Waals surface area (Å²) >= 11 is 11.1. The summed E-state index contributed by atoms with van der Waals surface area (Å²) in [4.78, 5) is 0. The van der Waals surface area contributed by atoms with Crippen LogP contribution in [0.3, 0.4) is 0 Å². The summed E-state index contributed by atoms with van der Waals surface area (Å²) in [6.07, 6.45) is 0. The lowest BCUT2D eigenvalue weighted by atomic mass is 10.5. The summed E-state index contributed by atoms with van der Waals surface area (Å²) in [6, 6.07) is 3.61. The van der Waals surface area contributed by atoms with Crippen LogP contribution in [0.1, 0.15) is 5.69 Å². The van der Waals surface area contributed by atoms with Gasteiger partial charge in [-0.1, -0.05) is 11.6 Å². The largest absolute Gasteiger partial charge is 0.247 e. The second-order valence-electron chi connectivity index (χ2n) is 1.58. The maximum absolute atomic E-state index is 5.58. The van der Waals surface area contributed by atoms with E-state index < -0.39 is 0 Å². The smallest absolute Gasteiger partial charge is 0.124 e. The van der Waals surface area contributed by atoms with Gasteiger partial charge in [-0.25, -0.2) is 4.09 Å². The normalized spacial score (nSPS) is 9.88. The molecule has 0 spiro atoms. The van der Waals surface area contributed by atoms with Gasteiger partial charge in [0.25, 0.3) is 0 Å². The zero-order chi connectivity index (χ0) is 6.15. The molecule has 1 aromatic heterocycles. The molecule has 0 fully saturated rings. The van der Waals surface area contributed by atoms with Crippen LogP contribution in [0.2, 0.25) is 5.15 Å². The van der Waals surface area contributed by atoms with Crippen molar-refractivity contribution >= 4 is 23.4 Å². The summed E-state index contributed by atoms with van der Waals surface area (Å²) in [6.45, 7) is 1.89. The highest BCUT2D eigenvalue weighted by atomic mass is 35.5. The Kier molecular flexibility index (Phi) is 1.49. The molecule has 0 unspecified atom stereocenters. The molecule has 1 nitrogen and oxygen atoms in total. The summed E-state index contributed by atoms with van der Waals surface area (Å²) < 4.78 is 1.40. The molecule has 0 bridgehead atoms. The Morgan fingerprint density at radius 1 is 1.50 bits per heavy atom. The zero-order valence-corrected chi connectivity index (χ0v) is 5.87. The quantitative estimate of drug-likeness (QED) is 0.535. The van der Waals surface area contributed by atoms with Gasteiger partial charge in [-0.2, -0.15) is 0 Å². The van der Waals surface area contributed by atoms with Crippen molar-refractivity contribution in [3.8, 4) is 0 Å². The molecule has 1 rings (SSSR count). The molecule has 0 radical (unpaired) electrons. The molecule has 3 heteroatoms. The molecular weight excluding hydrogens is 145 g/mol. The summed E-state index contributed by atoms with van der Waals surface area (Å²) in [5.41, 5.74) is 0.955. The van der Waals surface area contributed by atoms with E-state index in [9.17, 15) is 0 Å². The van der Waals surface area contributed by atoms with Crippen LogP contribution in [-0.2, 0) is 0 Å². The highest BCUT2D eigenvalue weighted by Gasteiger charge is 1.95. The molecule has 0 atom stereocenters. The first-order chi connectivity index (χ1) is 3.72. The van der Waals surface area contributed by atoms with E-state index in [1.165, 1.54) is 4.09 Å². The van der Waals surface area contributed by atoms with E-state index >= 15 is 0 Å². The van der Waals surface area contributed by atoms with E-state index in [0.29, 0.717) is 5.15 Å². The summed E-state index contributed by atoms with van der Waals surface area (Å²) in [7, 11) is 0. The number of rotatable bonds is 0. The van der Waals surface area contributed by atoms with Gasteiger partial charge in [0.15, 0.2) is 0 Å². The van der Waals surface area contributed by atoms with Crippen molar-refractivity contribution in [1.29, 1.82) is 0 Å². The molecule has 0 saturated carbocycles. The SMILES string of the molecule is Cc1ccc(Cl)n1Cl. The minimum absolute atomic E-state index is 0.559. The number of nitrogens with zero attached hydrogens (tertiary/aromatic N) is 1. The Labute approximate surface area is 57.9 Å². The molecule has 0 amide bonds. The Bertz CT molecular complexity index is 173. The Balaban J connectivity index is 3.19. The molecule has 0 N–H and O–H groups in total. The van der Waals surface area contributed by atoms with Crippen molar-refractivity contribution in [3.63, 3.8) is 0 Å². The third-order valence-electron chi connectivity index (χ3n) is 0.959. The van der Waals surface area contributed by atoms with Crippen molar-refractivity contribution in [2.45, 2.75) is 6.92 Å². The highest BCUT2D eigenvalue weighted by molar-refractivity contribution is 6.33. The number of aryl methyl sites for hydroxylation is 1. The highest BCUT2D eigenvalue weighted by Crippen LogP contribution is 2.14. The molecule has 8 heavy (non-hydrogen) atoms. The summed E-state index contributed by atoms with van der Waals surface area (Å²) in [5.74, 6) is 0. The van der Waals surface area contributed by atoms with Gasteiger partial charge in [0.1, 0.15) is 5.15 Å². The fourth-order valence-electron chi connectivity index (χ4n) is 0.489. The van der Waals surface area contributed by atoms with Crippen LogP contribution in [0.25, 0.3) is 0 Å². The molecule has 0 aliphatic carbocycles. The number of aromatic nitrogens is 1. The van der Waals surface area contributed by atoms with Crippen LogP contribution >= 0.6 is 23.4 Å². The van der Waals surface area contributed by atoms with Crippen LogP contribution in [0.5, 0.6) is 0 Å². The van der Waals surface area contributed by atoms with Gasteiger partial charge in [0, 0.05) is 17.5 Å². The van der Waals surface area contributed by atoms with E-state index in [1.54, 1.807) is 6.07 Å². The number of hydrogen-bond donors (Lipinski definition) is 0. The van der Waals surface area contributed by atoms with Crippen LogP contribution in [-0.4, -0.2) is 4.09 Å². The van der Waals surface area contributed by atoms with E-state index in [-0.39, 0.29) is 0 Å². The fraction of sp³-hybridized carbons (Fsp3) is 0.200. The third kappa shape index (κ3) is 0.837. The van der Waals surface area contributed by atoms with Crippen LogP contribution < -0.4 is 0 Å². The van der Waals surface area contributed by atoms with Crippen LogP contribution in [0.4, 0.5) is 0 Å². The average molecular weight is 150 g/mol. The lowest BCUT2D eigenvalue weighted by Crippen LogP contribution is -1.79. The van der Waals surface area contributed by atoms with Crippen molar-refractivity contribution < 1.29 is 0 Å². The fourth-order valence-corrected chi connectivity index (χ4v) is 0.798. The van der Waals surface area contributed by atoms with E-state index in [0.717, 1.165) is 5.69 Å². The van der Waals surface area contributed by atoms with E-state index in [1.807, 2.05) is 13.0 Å². The first kappa shape index (κ1) is 5.99. The van der Waals surface area contributed by atoms with Gasteiger partial charge in [-0.15, -0.1) is 0 Å². The number of halogens is 2. The second kappa shape index (κ2) is 2.00. The lowest BCUT2D eigenvalue weighted by molar-refractivity contribution is 1.16. The van der Waals surface area contributed by atoms with Crippen molar-refractivity contribution in [2.24, 2.45) is 0 Å². The van der Waals surface area contributed by atoms with Gasteiger partial charge in [-0.3, -0.25) is 0 Å². The van der Waals surface area contributed by atoms with Gasteiger partial charge in [-0.05, 0) is 19.1 Å². The van der Waals surface area contributed by atoms with Crippen molar-refractivity contribution in [1.82, 2.24) is 4.09 Å². The maximum Gasteiger partial charge on any atom is 0.124 e. The Hall–Kier alpha value is -0.140. The molecule has 0 aromatic carbocycles. The third-order valence-corrected chi connectivity index (χ3v) is 1.79. The maximum atomic E-state index is 5.58. The van der Waals surface area contributed by atoms with Gasteiger partial charge < -0.3 is 0 Å². The predicted octanol–water partition coefficient (Wildman–Crippen LogP) is 2.45. The second-order valence-corrected chi connectivity index (χ2v) is 2.30. The minimum Gasteiger partial charge on any atom is -0.247 e. The standard InChI is InChI=1S/C5H5Cl2N/c1-4-2-3-5(6)8(4)7/h2-3H,1H3. The first-order valence-corrected chi connectivity index (χ1v) is 2.93. The van der Waals surface area contributed by atoms with Crippen LogP contribution in [0, 0.1) is 6.92 Å². The lowest BCUT2D eigenvalue weighted by Gasteiger charge is -1.89. The van der Waals surface area contributed by atoms with Crippen molar-refractivity contribution in [2.75, 3.05) is 0 Å². The number of hydrogen-bond acceptors (Lipinski definition) is 0. The molecule has 1 heterocycles. The average Bonchev–Trinajstić information content (AvgIpc) is 1.98.